The molecule has 0 heterocycles. The molecular formula is C20H15F3N2O2. The number of carbonyl (C=O) groups is 1. The lowest BCUT2D eigenvalue weighted by atomic mass is 10.2. The second-order valence-electron chi connectivity index (χ2n) is 5.56. The summed E-state index contributed by atoms with van der Waals surface area (Å²) in [5.74, 6) is -3.44. The fourth-order valence-corrected chi connectivity index (χ4v) is 2.27. The molecule has 1 amide bonds. The van der Waals surface area contributed by atoms with Crippen molar-refractivity contribution in [2.75, 3.05) is 17.2 Å². The predicted octanol–water partition coefficient (Wildman–Crippen LogP) is 4.95. The second-order valence-corrected chi connectivity index (χ2v) is 5.56. The molecule has 27 heavy (non-hydrogen) atoms. The van der Waals surface area contributed by atoms with E-state index in [1.54, 1.807) is 24.3 Å². The minimum Gasteiger partial charge on any atom is -0.457 e. The average molecular weight is 372 g/mol. The zero-order valence-corrected chi connectivity index (χ0v) is 14.0. The summed E-state index contributed by atoms with van der Waals surface area (Å²) < 4.78 is 45.2. The summed E-state index contributed by atoms with van der Waals surface area (Å²) in [6.45, 7) is -0.315. The number of anilines is 2. The van der Waals surface area contributed by atoms with Gasteiger partial charge in [0.2, 0.25) is 5.91 Å². The van der Waals surface area contributed by atoms with Gasteiger partial charge in [-0.2, -0.15) is 0 Å². The number of ether oxygens (including phenoxy) is 1. The first-order chi connectivity index (χ1) is 13.0. The van der Waals surface area contributed by atoms with Gasteiger partial charge in [0.05, 0.1) is 12.2 Å². The van der Waals surface area contributed by atoms with Crippen molar-refractivity contribution < 1.29 is 22.7 Å². The van der Waals surface area contributed by atoms with Crippen LogP contribution in [0.4, 0.5) is 24.5 Å². The van der Waals surface area contributed by atoms with Gasteiger partial charge in [-0.05, 0) is 48.5 Å². The Labute approximate surface area is 153 Å². The smallest absolute Gasteiger partial charge is 0.243 e. The molecule has 3 aromatic carbocycles. The normalized spacial score (nSPS) is 10.3. The Morgan fingerprint density at radius 3 is 2.19 bits per heavy atom. The van der Waals surface area contributed by atoms with Gasteiger partial charge < -0.3 is 15.4 Å². The van der Waals surface area contributed by atoms with E-state index in [1.165, 1.54) is 0 Å². The van der Waals surface area contributed by atoms with Gasteiger partial charge in [0, 0.05) is 5.69 Å². The van der Waals surface area contributed by atoms with Crippen molar-refractivity contribution in [2.24, 2.45) is 0 Å². The van der Waals surface area contributed by atoms with E-state index in [-0.39, 0.29) is 12.2 Å². The van der Waals surface area contributed by atoms with Gasteiger partial charge in [0.15, 0.2) is 17.5 Å². The molecule has 0 aliphatic carbocycles. The molecule has 3 rings (SSSR count). The van der Waals surface area contributed by atoms with Crippen molar-refractivity contribution in [3.8, 4) is 11.5 Å². The van der Waals surface area contributed by atoms with Gasteiger partial charge in [-0.25, -0.2) is 13.2 Å². The molecule has 7 heteroatoms. The fourth-order valence-electron chi connectivity index (χ4n) is 2.27. The van der Waals surface area contributed by atoms with Crippen LogP contribution in [0.1, 0.15) is 0 Å². The third kappa shape index (κ3) is 4.78. The molecule has 0 unspecified atom stereocenters. The van der Waals surface area contributed by atoms with Gasteiger partial charge in [0.25, 0.3) is 0 Å². The highest BCUT2D eigenvalue weighted by Crippen LogP contribution is 2.23. The van der Waals surface area contributed by atoms with E-state index in [0.717, 1.165) is 12.1 Å². The number of para-hydroxylation sites is 1. The number of nitrogens with one attached hydrogen (secondary N) is 2. The molecule has 2 N–H and O–H groups in total. The van der Waals surface area contributed by atoms with Crippen LogP contribution < -0.4 is 15.4 Å². The largest absolute Gasteiger partial charge is 0.457 e. The Kier molecular flexibility index (Phi) is 5.61. The van der Waals surface area contributed by atoms with Crippen molar-refractivity contribution >= 4 is 17.3 Å². The summed E-state index contributed by atoms with van der Waals surface area (Å²) in [6.07, 6.45) is 0. The van der Waals surface area contributed by atoms with Gasteiger partial charge in [0.1, 0.15) is 11.5 Å². The molecule has 0 fully saturated rings. The van der Waals surface area contributed by atoms with Crippen molar-refractivity contribution in [3.63, 3.8) is 0 Å². The second kappa shape index (κ2) is 8.27. The Hall–Kier alpha value is -3.48. The van der Waals surface area contributed by atoms with Crippen LogP contribution in [0.2, 0.25) is 0 Å². The molecule has 138 valence electrons. The zero-order valence-electron chi connectivity index (χ0n) is 14.0. The molecule has 0 radical (unpaired) electrons. The van der Waals surface area contributed by atoms with Gasteiger partial charge >= 0.3 is 0 Å². The molecule has 0 aromatic heterocycles. The van der Waals surface area contributed by atoms with Crippen molar-refractivity contribution in [1.29, 1.82) is 0 Å². The highest BCUT2D eigenvalue weighted by atomic mass is 19.2. The molecule has 0 atom stereocenters. The summed E-state index contributed by atoms with van der Waals surface area (Å²) in [4.78, 5) is 11.9. The Morgan fingerprint density at radius 2 is 1.48 bits per heavy atom. The quantitative estimate of drug-likeness (QED) is 0.602. The van der Waals surface area contributed by atoms with Gasteiger partial charge in [-0.1, -0.05) is 18.2 Å². The van der Waals surface area contributed by atoms with Crippen LogP contribution in [0, 0.1) is 17.5 Å². The van der Waals surface area contributed by atoms with E-state index >= 15 is 0 Å². The summed E-state index contributed by atoms with van der Waals surface area (Å²) >= 11 is 0. The van der Waals surface area contributed by atoms with E-state index in [0.29, 0.717) is 17.2 Å². The fraction of sp³-hybridized carbons (Fsp3) is 0.0500. The first kappa shape index (κ1) is 18.3. The van der Waals surface area contributed by atoms with E-state index in [9.17, 15) is 18.0 Å². The van der Waals surface area contributed by atoms with E-state index in [4.69, 9.17) is 4.74 Å². The number of hydrogen-bond acceptors (Lipinski definition) is 3. The lowest BCUT2D eigenvalue weighted by molar-refractivity contribution is -0.114. The first-order valence-corrected chi connectivity index (χ1v) is 8.03. The molecule has 4 nitrogen and oxygen atoms in total. The number of benzene rings is 3. The summed E-state index contributed by atoms with van der Waals surface area (Å²) in [5, 5.41) is 5.03. The third-order valence-corrected chi connectivity index (χ3v) is 3.59. The highest BCUT2D eigenvalue weighted by Gasteiger charge is 2.14. The number of hydrogen-bond donors (Lipinski definition) is 2. The topological polar surface area (TPSA) is 50.4 Å². The lowest BCUT2D eigenvalue weighted by Gasteiger charge is -2.10. The molecule has 0 saturated carbocycles. The maximum atomic E-state index is 13.5. The van der Waals surface area contributed by atoms with Crippen LogP contribution in [0.3, 0.4) is 0 Å². The van der Waals surface area contributed by atoms with Crippen molar-refractivity contribution in [3.05, 3.63) is 84.2 Å². The maximum Gasteiger partial charge on any atom is 0.243 e. The SMILES string of the molecule is O=C(CNc1ccc(F)c(F)c1F)Nc1ccc(Oc2ccccc2)cc1. The number of amides is 1. The van der Waals surface area contributed by atoms with Crippen LogP contribution >= 0.6 is 0 Å². The molecule has 0 spiro atoms. The molecule has 0 aliphatic heterocycles. The van der Waals surface area contributed by atoms with Crippen LogP contribution in [0.5, 0.6) is 11.5 Å². The van der Waals surface area contributed by atoms with Crippen LogP contribution in [-0.4, -0.2) is 12.5 Å². The maximum absolute atomic E-state index is 13.5. The Morgan fingerprint density at radius 1 is 0.815 bits per heavy atom. The van der Waals surface area contributed by atoms with Crippen LogP contribution in [0.15, 0.2) is 66.7 Å². The number of rotatable bonds is 6. The zero-order chi connectivity index (χ0) is 19.2. The molecule has 3 aromatic rings. The monoisotopic (exact) mass is 372 g/mol. The summed E-state index contributed by atoms with van der Waals surface area (Å²) in [7, 11) is 0. The Bertz CT molecular complexity index is 932. The standard InChI is InChI=1S/C20H15F3N2O2/c21-16-10-11-17(20(23)19(16)22)24-12-18(26)25-13-6-8-15(9-7-13)27-14-4-2-1-3-5-14/h1-11,24H,12H2,(H,25,26). The molecule has 0 aliphatic rings. The van der Waals surface area contributed by atoms with E-state index in [1.807, 2.05) is 30.3 Å². The lowest BCUT2D eigenvalue weighted by Crippen LogP contribution is -2.22. The molecular weight excluding hydrogens is 357 g/mol. The van der Waals surface area contributed by atoms with Crippen LogP contribution in [0.25, 0.3) is 0 Å². The van der Waals surface area contributed by atoms with Crippen molar-refractivity contribution in [2.45, 2.75) is 0 Å². The van der Waals surface area contributed by atoms with E-state index < -0.39 is 23.4 Å². The predicted molar refractivity (Wildman–Crippen MR) is 96.4 cm³/mol. The van der Waals surface area contributed by atoms with Gasteiger partial charge in [-0.15, -0.1) is 0 Å². The van der Waals surface area contributed by atoms with Crippen LogP contribution in [-0.2, 0) is 4.79 Å². The molecule has 0 saturated heterocycles. The average Bonchev–Trinajstić information content (AvgIpc) is 2.68. The Balaban J connectivity index is 1.54. The summed E-state index contributed by atoms with van der Waals surface area (Å²) in [5.41, 5.74) is 0.212. The highest BCUT2D eigenvalue weighted by molar-refractivity contribution is 5.93. The third-order valence-electron chi connectivity index (χ3n) is 3.59. The minimum absolute atomic E-state index is 0.296. The minimum atomic E-state index is -1.59. The number of carbonyl (C=O) groups excluding carboxylic acids is 1. The molecule has 0 bridgehead atoms. The van der Waals surface area contributed by atoms with E-state index in [2.05, 4.69) is 10.6 Å². The van der Waals surface area contributed by atoms with Crippen molar-refractivity contribution in [1.82, 2.24) is 0 Å². The van der Waals surface area contributed by atoms with Gasteiger partial charge in [-0.3, -0.25) is 4.79 Å². The summed E-state index contributed by atoms with van der Waals surface area (Å²) in [6, 6.07) is 17.7. The number of halogens is 3. The first-order valence-electron chi connectivity index (χ1n) is 8.03.